The summed E-state index contributed by atoms with van der Waals surface area (Å²) in [4.78, 5) is 20.0. The Morgan fingerprint density at radius 2 is 2.12 bits per heavy atom. The lowest BCUT2D eigenvalue weighted by Crippen LogP contribution is -2.42. The SMILES string of the molecule is CN=CN1C[C@H]2CCN(C(=O)Nc3ccc(C(F)(F)F)cc3F)[C@H]2C1. The van der Waals surface area contributed by atoms with Crippen LogP contribution in [0.15, 0.2) is 23.2 Å². The fraction of sp³-hybridized carbons (Fsp3) is 0.500. The van der Waals surface area contributed by atoms with Gasteiger partial charge in [0.2, 0.25) is 0 Å². The van der Waals surface area contributed by atoms with Gasteiger partial charge in [-0.3, -0.25) is 4.99 Å². The van der Waals surface area contributed by atoms with Gasteiger partial charge >= 0.3 is 12.2 Å². The van der Waals surface area contributed by atoms with Gasteiger partial charge in [0.25, 0.3) is 0 Å². The van der Waals surface area contributed by atoms with Crippen LogP contribution in [-0.2, 0) is 6.18 Å². The van der Waals surface area contributed by atoms with Gasteiger partial charge in [-0.05, 0) is 24.6 Å². The molecule has 2 fully saturated rings. The number of fused-ring (bicyclic) bond motifs is 1. The molecule has 2 saturated heterocycles. The van der Waals surface area contributed by atoms with Crippen LogP contribution in [0.5, 0.6) is 0 Å². The molecule has 3 rings (SSSR count). The van der Waals surface area contributed by atoms with Crippen LogP contribution >= 0.6 is 0 Å². The first kappa shape index (κ1) is 17.5. The molecule has 1 aromatic carbocycles. The Balaban J connectivity index is 1.69. The molecule has 0 aliphatic carbocycles. The van der Waals surface area contributed by atoms with Crippen LogP contribution in [0.1, 0.15) is 12.0 Å². The molecule has 9 heteroatoms. The molecule has 25 heavy (non-hydrogen) atoms. The highest BCUT2D eigenvalue weighted by Gasteiger charge is 2.43. The highest BCUT2D eigenvalue weighted by Crippen LogP contribution is 2.33. The third-order valence-electron chi connectivity index (χ3n) is 4.65. The molecule has 2 amide bonds. The van der Waals surface area contributed by atoms with E-state index in [9.17, 15) is 22.4 Å². The maximum Gasteiger partial charge on any atom is 0.416 e. The number of anilines is 1. The van der Waals surface area contributed by atoms with E-state index >= 15 is 0 Å². The van der Waals surface area contributed by atoms with Gasteiger partial charge in [-0.15, -0.1) is 0 Å². The number of hydrogen-bond donors (Lipinski definition) is 1. The van der Waals surface area contributed by atoms with E-state index in [0.717, 1.165) is 25.1 Å². The Labute approximate surface area is 142 Å². The highest BCUT2D eigenvalue weighted by molar-refractivity contribution is 5.90. The number of alkyl halides is 3. The summed E-state index contributed by atoms with van der Waals surface area (Å²) in [7, 11) is 1.67. The fourth-order valence-electron chi connectivity index (χ4n) is 3.48. The van der Waals surface area contributed by atoms with Crippen molar-refractivity contribution in [3.05, 3.63) is 29.6 Å². The fourth-order valence-corrected chi connectivity index (χ4v) is 3.48. The summed E-state index contributed by atoms with van der Waals surface area (Å²) in [5.74, 6) is -0.786. The molecule has 0 saturated carbocycles. The normalized spacial score (nSPS) is 23.4. The minimum atomic E-state index is -4.63. The van der Waals surface area contributed by atoms with Gasteiger partial charge in [-0.2, -0.15) is 13.2 Å². The number of carbonyl (C=O) groups excluding carboxylic acids is 1. The van der Waals surface area contributed by atoms with Crippen LogP contribution in [0.3, 0.4) is 0 Å². The van der Waals surface area contributed by atoms with Crippen LogP contribution < -0.4 is 5.32 Å². The van der Waals surface area contributed by atoms with Crippen molar-refractivity contribution in [3.63, 3.8) is 0 Å². The number of likely N-dealkylation sites (tertiary alicyclic amines) is 2. The van der Waals surface area contributed by atoms with E-state index in [2.05, 4.69) is 10.3 Å². The molecule has 2 aliphatic heterocycles. The third kappa shape index (κ3) is 3.54. The third-order valence-corrected chi connectivity index (χ3v) is 4.65. The van der Waals surface area contributed by atoms with Gasteiger partial charge < -0.3 is 15.1 Å². The first-order valence-electron chi connectivity index (χ1n) is 7.90. The van der Waals surface area contributed by atoms with Crippen LogP contribution in [0.4, 0.5) is 28.0 Å². The largest absolute Gasteiger partial charge is 0.416 e. The average molecular weight is 358 g/mol. The Kier molecular flexibility index (Phi) is 4.57. The molecule has 2 heterocycles. The average Bonchev–Trinajstić information content (AvgIpc) is 3.08. The number of amides is 2. The lowest BCUT2D eigenvalue weighted by atomic mass is 10.1. The van der Waals surface area contributed by atoms with E-state index in [1.54, 1.807) is 18.3 Å². The van der Waals surface area contributed by atoms with Gasteiger partial charge in [0, 0.05) is 32.6 Å². The Morgan fingerprint density at radius 1 is 1.36 bits per heavy atom. The van der Waals surface area contributed by atoms with Gasteiger partial charge in [-0.25, -0.2) is 9.18 Å². The first-order chi connectivity index (χ1) is 11.8. The van der Waals surface area contributed by atoms with Crippen molar-refractivity contribution in [2.24, 2.45) is 10.9 Å². The van der Waals surface area contributed by atoms with Crippen molar-refractivity contribution in [2.75, 3.05) is 32.0 Å². The zero-order chi connectivity index (χ0) is 18.2. The van der Waals surface area contributed by atoms with E-state index in [1.807, 2.05) is 4.90 Å². The molecule has 5 nitrogen and oxygen atoms in total. The minimum absolute atomic E-state index is 0.00416. The topological polar surface area (TPSA) is 47.9 Å². The minimum Gasteiger partial charge on any atom is -0.361 e. The van der Waals surface area contributed by atoms with E-state index in [-0.39, 0.29) is 11.7 Å². The van der Waals surface area contributed by atoms with Gasteiger partial charge in [0.1, 0.15) is 5.82 Å². The molecular weight excluding hydrogens is 340 g/mol. The Morgan fingerprint density at radius 3 is 2.76 bits per heavy atom. The lowest BCUT2D eigenvalue weighted by molar-refractivity contribution is -0.137. The molecular formula is C16H18F4N4O. The number of halogens is 4. The first-order valence-corrected chi connectivity index (χ1v) is 7.90. The summed E-state index contributed by atoms with van der Waals surface area (Å²) in [5.41, 5.74) is -1.35. The van der Waals surface area contributed by atoms with Crippen molar-refractivity contribution in [1.29, 1.82) is 0 Å². The van der Waals surface area contributed by atoms with Crippen molar-refractivity contribution in [2.45, 2.75) is 18.6 Å². The Bertz CT molecular complexity index is 691. The monoisotopic (exact) mass is 358 g/mol. The second-order valence-electron chi connectivity index (χ2n) is 6.26. The zero-order valence-electron chi connectivity index (χ0n) is 13.6. The van der Waals surface area contributed by atoms with Crippen molar-refractivity contribution in [1.82, 2.24) is 9.80 Å². The van der Waals surface area contributed by atoms with E-state index in [0.29, 0.717) is 25.1 Å². The number of hydrogen-bond acceptors (Lipinski definition) is 2. The summed E-state index contributed by atoms with van der Waals surface area (Å²) in [5, 5.41) is 2.38. The molecule has 1 N–H and O–H groups in total. The van der Waals surface area contributed by atoms with Crippen molar-refractivity contribution < 1.29 is 22.4 Å². The lowest BCUT2D eigenvalue weighted by Gasteiger charge is -2.25. The summed E-state index contributed by atoms with van der Waals surface area (Å²) in [6.07, 6.45) is -2.06. The molecule has 2 aliphatic rings. The van der Waals surface area contributed by atoms with Crippen LogP contribution in [0, 0.1) is 11.7 Å². The molecule has 2 atom stereocenters. The number of nitrogens with one attached hydrogen (secondary N) is 1. The maximum absolute atomic E-state index is 13.9. The zero-order valence-corrected chi connectivity index (χ0v) is 13.6. The van der Waals surface area contributed by atoms with Gasteiger partial charge in [0.05, 0.1) is 23.6 Å². The predicted molar refractivity (Wildman–Crippen MR) is 85.0 cm³/mol. The van der Waals surface area contributed by atoms with Crippen molar-refractivity contribution in [3.8, 4) is 0 Å². The number of urea groups is 1. The van der Waals surface area contributed by atoms with Gasteiger partial charge in [0.15, 0.2) is 0 Å². The van der Waals surface area contributed by atoms with Crippen LogP contribution in [0.25, 0.3) is 0 Å². The molecule has 0 spiro atoms. The number of carbonyl (C=O) groups is 1. The van der Waals surface area contributed by atoms with Crippen LogP contribution in [0.2, 0.25) is 0 Å². The second kappa shape index (κ2) is 6.53. The van der Waals surface area contributed by atoms with Crippen LogP contribution in [-0.4, -0.2) is 54.9 Å². The summed E-state index contributed by atoms with van der Waals surface area (Å²) < 4.78 is 51.6. The van der Waals surface area contributed by atoms with E-state index < -0.39 is 23.6 Å². The van der Waals surface area contributed by atoms with Crippen molar-refractivity contribution >= 4 is 18.1 Å². The smallest absolute Gasteiger partial charge is 0.361 e. The van der Waals surface area contributed by atoms with Gasteiger partial charge in [-0.1, -0.05) is 0 Å². The van der Waals surface area contributed by atoms with E-state index in [4.69, 9.17) is 0 Å². The number of rotatable bonds is 2. The molecule has 0 aromatic heterocycles. The molecule has 0 radical (unpaired) electrons. The molecule has 0 bridgehead atoms. The van der Waals surface area contributed by atoms with E-state index in [1.165, 1.54) is 0 Å². The highest BCUT2D eigenvalue weighted by atomic mass is 19.4. The summed E-state index contributed by atoms with van der Waals surface area (Å²) >= 11 is 0. The number of aliphatic imine (C=N–C) groups is 1. The maximum atomic E-state index is 13.9. The standard InChI is InChI=1S/C16H18F4N4O/c1-21-9-23-7-10-4-5-24(14(10)8-23)15(25)22-13-3-2-11(6-12(13)17)16(18,19)20/h2-3,6,9-10,14H,4-5,7-8H2,1H3,(H,22,25)/t10-,14+/m1/s1. The summed E-state index contributed by atoms with van der Waals surface area (Å²) in [6.45, 7) is 1.99. The molecule has 1 aromatic rings. The quantitative estimate of drug-likeness (QED) is 0.502. The summed E-state index contributed by atoms with van der Waals surface area (Å²) in [6, 6.07) is 1.57. The Hall–Kier alpha value is -2.32. The molecule has 136 valence electrons. The second-order valence-corrected chi connectivity index (χ2v) is 6.26. The predicted octanol–water partition coefficient (Wildman–Crippen LogP) is 3.04. The number of benzene rings is 1. The number of nitrogens with zero attached hydrogens (tertiary/aromatic N) is 3. The molecule has 0 unspecified atom stereocenters.